The smallest absolute Gasteiger partial charge is 0.228 e. The van der Waals surface area contributed by atoms with Gasteiger partial charge in [-0.15, -0.1) is 0 Å². The lowest BCUT2D eigenvalue weighted by molar-refractivity contribution is -0.115. The Morgan fingerprint density at radius 3 is 2.90 bits per heavy atom. The van der Waals surface area contributed by atoms with Crippen LogP contribution < -0.4 is 10.6 Å². The van der Waals surface area contributed by atoms with Gasteiger partial charge in [0.25, 0.3) is 0 Å². The Balaban J connectivity index is 1.66. The van der Waals surface area contributed by atoms with Crippen molar-refractivity contribution in [2.45, 2.75) is 63.1 Å². The van der Waals surface area contributed by atoms with Gasteiger partial charge >= 0.3 is 0 Å². The van der Waals surface area contributed by atoms with E-state index in [1.54, 1.807) is 0 Å². The number of carbonyl (C=O) groups excluding carboxylic acids is 1. The van der Waals surface area contributed by atoms with Crippen LogP contribution in [0.2, 0.25) is 0 Å². The van der Waals surface area contributed by atoms with Gasteiger partial charge in [0.1, 0.15) is 0 Å². The normalized spacial score (nSPS) is 31.3. The van der Waals surface area contributed by atoms with E-state index in [1.165, 1.54) is 0 Å². The molecule has 1 aromatic heterocycles. The predicted octanol–water partition coefficient (Wildman–Crippen LogP) is 4.47. The first-order chi connectivity index (χ1) is 14.9. The number of nitrogens with zero attached hydrogens (tertiary/aromatic N) is 2. The molecule has 3 unspecified atom stereocenters. The zero-order chi connectivity index (χ0) is 21.6. The number of H-pyrrole nitrogens is 1. The first-order valence-corrected chi connectivity index (χ1v) is 13.3. The number of aromatic amines is 1. The van der Waals surface area contributed by atoms with Crippen LogP contribution in [0.4, 0.5) is 11.6 Å². The van der Waals surface area contributed by atoms with E-state index in [1.807, 2.05) is 26.2 Å². The molecule has 7 nitrogen and oxygen atoms in total. The fraction of sp³-hybridized carbons (Fsp3) is 0.565. The molecule has 2 aromatic rings. The van der Waals surface area contributed by atoms with Crippen molar-refractivity contribution < 1.29 is 9.36 Å². The quantitative estimate of drug-likeness (QED) is 0.609. The van der Waals surface area contributed by atoms with Crippen LogP contribution in [0.3, 0.4) is 0 Å². The summed E-state index contributed by atoms with van der Waals surface area (Å²) >= 11 is 0. The van der Waals surface area contributed by atoms with Crippen molar-refractivity contribution >= 4 is 24.8 Å². The highest BCUT2D eigenvalue weighted by Crippen LogP contribution is 2.71. The monoisotopic (exact) mass is 441 g/mol. The summed E-state index contributed by atoms with van der Waals surface area (Å²) in [6.07, 6.45) is 9.05. The third-order valence-corrected chi connectivity index (χ3v) is 11.8. The van der Waals surface area contributed by atoms with Crippen molar-refractivity contribution in [3.05, 3.63) is 41.2 Å². The lowest BCUT2D eigenvalue weighted by Crippen LogP contribution is -2.51. The summed E-state index contributed by atoms with van der Waals surface area (Å²) in [5.74, 6) is 0.782. The number of amides is 1. The standard InChI is InChI=1S/C23H32N5O2P/c1-16-15-24-22(25-16)27-20-7-3-4-10-23(20,31(30)12-6-5-11-28(31)2)18-8-9-19-17(13-18)14-21(29)26-19/h8-9,13,15,20H,3-7,10-12,14H2,1-2H3,(H,26,29)(H2,24,25,27). The fourth-order valence-electron chi connectivity index (χ4n) is 5.97. The van der Waals surface area contributed by atoms with Gasteiger partial charge in [-0.05, 0) is 56.8 Å². The molecular weight excluding hydrogens is 409 g/mol. The minimum atomic E-state index is -2.74. The van der Waals surface area contributed by atoms with Crippen molar-refractivity contribution in [2.24, 2.45) is 0 Å². The topological polar surface area (TPSA) is 90.1 Å². The van der Waals surface area contributed by atoms with Crippen LogP contribution in [0, 0.1) is 6.92 Å². The molecule has 31 heavy (non-hydrogen) atoms. The number of anilines is 2. The van der Waals surface area contributed by atoms with Gasteiger partial charge in [-0.3, -0.25) is 9.46 Å². The molecule has 5 rings (SSSR count). The van der Waals surface area contributed by atoms with Crippen LogP contribution in [0.25, 0.3) is 0 Å². The number of aryl methyl sites for hydroxylation is 1. The Morgan fingerprint density at radius 1 is 1.26 bits per heavy atom. The molecule has 1 saturated heterocycles. The van der Waals surface area contributed by atoms with E-state index in [9.17, 15) is 9.36 Å². The molecule has 0 spiro atoms. The van der Waals surface area contributed by atoms with Gasteiger partial charge in [-0.2, -0.15) is 0 Å². The Labute approximate surface area is 183 Å². The number of benzene rings is 1. The third-order valence-electron chi connectivity index (χ3n) is 7.49. The average molecular weight is 442 g/mol. The Kier molecular flexibility index (Phi) is 5.22. The highest BCUT2D eigenvalue weighted by molar-refractivity contribution is 7.62. The number of hydrogen-bond donors (Lipinski definition) is 3. The zero-order valence-corrected chi connectivity index (χ0v) is 19.3. The molecule has 2 aliphatic heterocycles. The molecular formula is C23H32N5O2P. The first-order valence-electron chi connectivity index (χ1n) is 11.4. The van der Waals surface area contributed by atoms with Gasteiger partial charge < -0.3 is 20.2 Å². The predicted molar refractivity (Wildman–Crippen MR) is 124 cm³/mol. The summed E-state index contributed by atoms with van der Waals surface area (Å²) in [6.45, 7) is 2.87. The van der Waals surface area contributed by atoms with Crippen molar-refractivity contribution in [3.8, 4) is 0 Å². The molecule has 1 saturated carbocycles. The molecule has 3 aliphatic rings. The summed E-state index contributed by atoms with van der Waals surface area (Å²) < 4.78 is 17.2. The second kappa shape index (κ2) is 7.79. The van der Waals surface area contributed by atoms with Crippen LogP contribution in [0.15, 0.2) is 24.4 Å². The molecule has 0 bridgehead atoms. The highest BCUT2D eigenvalue weighted by atomic mass is 31.2. The van der Waals surface area contributed by atoms with Crippen LogP contribution in [-0.4, -0.2) is 46.3 Å². The van der Waals surface area contributed by atoms with Crippen molar-refractivity contribution in [1.82, 2.24) is 14.6 Å². The second-order valence-electron chi connectivity index (χ2n) is 9.39. The van der Waals surface area contributed by atoms with Crippen LogP contribution in [0.5, 0.6) is 0 Å². The fourth-order valence-corrected chi connectivity index (χ4v) is 10.2. The van der Waals surface area contributed by atoms with Gasteiger partial charge in [-0.25, -0.2) is 4.98 Å². The number of aromatic nitrogens is 2. The van der Waals surface area contributed by atoms with Crippen LogP contribution >= 0.6 is 7.29 Å². The lowest BCUT2D eigenvalue weighted by Gasteiger charge is -2.53. The molecule has 8 heteroatoms. The van der Waals surface area contributed by atoms with Gasteiger partial charge in [0.05, 0.1) is 11.6 Å². The largest absolute Gasteiger partial charge is 0.352 e. The Bertz CT molecular complexity index is 1050. The molecule has 1 amide bonds. The first kappa shape index (κ1) is 20.8. The number of imidazole rings is 1. The SMILES string of the molecule is Cc1cnc(NC2CCCCC2(c2ccc3c(c2)CC(=O)N3)P2(=O)CCCCN2C)[nH]1. The summed E-state index contributed by atoms with van der Waals surface area (Å²) in [5, 5.41) is 6.11. The molecule has 3 atom stereocenters. The number of fused-ring (bicyclic) bond motifs is 1. The highest BCUT2D eigenvalue weighted by Gasteiger charge is 2.57. The van der Waals surface area contributed by atoms with E-state index in [2.05, 4.69) is 37.4 Å². The number of nitrogens with one attached hydrogen (secondary N) is 3. The molecule has 0 radical (unpaired) electrons. The van der Waals surface area contributed by atoms with E-state index < -0.39 is 12.4 Å². The Morgan fingerprint density at radius 2 is 2.13 bits per heavy atom. The van der Waals surface area contributed by atoms with Gasteiger partial charge in [0.2, 0.25) is 11.9 Å². The van der Waals surface area contributed by atoms with E-state index in [0.717, 1.165) is 79.7 Å². The summed E-state index contributed by atoms with van der Waals surface area (Å²) in [5.41, 5.74) is 4.03. The maximum Gasteiger partial charge on any atom is 0.228 e. The van der Waals surface area contributed by atoms with Crippen molar-refractivity contribution in [1.29, 1.82) is 0 Å². The summed E-state index contributed by atoms with van der Waals surface area (Å²) in [6, 6.07) is 6.29. The molecule has 3 N–H and O–H groups in total. The number of rotatable bonds is 4. The third kappa shape index (κ3) is 3.33. The summed E-state index contributed by atoms with van der Waals surface area (Å²) in [4.78, 5) is 19.8. The van der Waals surface area contributed by atoms with Crippen molar-refractivity contribution in [3.63, 3.8) is 0 Å². The average Bonchev–Trinajstić information content (AvgIpc) is 3.34. The molecule has 166 valence electrons. The van der Waals surface area contributed by atoms with Crippen LogP contribution in [0.1, 0.15) is 55.3 Å². The van der Waals surface area contributed by atoms with Gasteiger partial charge in [0.15, 0.2) is 7.29 Å². The van der Waals surface area contributed by atoms with Gasteiger partial charge in [-0.1, -0.05) is 25.0 Å². The maximum absolute atomic E-state index is 15.0. The second-order valence-corrected chi connectivity index (χ2v) is 12.7. The zero-order valence-electron chi connectivity index (χ0n) is 18.4. The Hall–Kier alpha value is -2.11. The minimum absolute atomic E-state index is 0.0151. The van der Waals surface area contributed by atoms with E-state index in [-0.39, 0.29) is 11.9 Å². The molecule has 3 heterocycles. The summed E-state index contributed by atoms with van der Waals surface area (Å²) in [7, 11) is -0.691. The number of hydrogen-bond acceptors (Lipinski definition) is 4. The van der Waals surface area contributed by atoms with E-state index in [4.69, 9.17) is 0 Å². The molecule has 1 aromatic carbocycles. The minimum Gasteiger partial charge on any atom is -0.352 e. The maximum atomic E-state index is 15.0. The molecule has 1 aliphatic carbocycles. The van der Waals surface area contributed by atoms with Crippen molar-refractivity contribution in [2.75, 3.05) is 30.4 Å². The van der Waals surface area contributed by atoms with Gasteiger partial charge in [0, 0.05) is 36.3 Å². The van der Waals surface area contributed by atoms with E-state index in [0.29, 0.717) is 6.42 Å². The van der Waals surface area contributed by atoms with E-state index >= 15 is 0 Å². The lowest BCUT2D eigenvalue weighted by atomic mass is 9.78. The van der Waals surface area contributed by atoms with Crippen LogP contribution in [-0.2, 0) is 20.9 Å². The molecule has 2 fully saturated rings. The number of carbonyl (C=O) groups is 1.